The van der Waals surface area contributed by atoms with Crippen LogP contribution >= 0.6 is 11.8 Å². The molecule has 96 valence electrons. The van der Waals surface area contributed by atoms with Crippen LogP contribution in [-0.2, 0) is 4.79 Å². The lowest BCUT2D eigenvalue weighted by atomic mass is 9.93. The van der Waals surface area contributed by atoms with E-state index in [2.05, 4.69) is 5.32 Å². The first-order valence-corrected chi connectivity index (χ1v) is 8.00. The van der Waals surface area contributed by atoms with Gasteiger partial charge in [-0.1, -0.05) is 6.42 Å². The molecule has 1 N–H and O–H groups in total. The lowest BCUT2D eigenvalue weighted by Crippen LogP contribution is -2.48. The summed E-state index contributed by atoms with van der Waals surface area (Å²) in [5, 5.41) is 3.46. The van der Waals surface area contributed by atoms with Gasteiger partial charge in [-0.2, -0.15) is 11.8 Å². The number of carbonyl (C=O) groups is 1. The van der Waals surface area contributed by atoms with Crippen LogP contribution in [0.25, 0.3) is 0 Å². The average molecular weight is 254 g/mol. The predicted molar refractivity (Wildman–Crippen MR) is 71.1 cm³/mol. The smallest absolute Gasteiger partial charge is 0.240 e. The van der Waals surface area contributed by atoms with Gasteiger partial charge in [-0.25, -0.2) is 0 Å². The van der Waals surface area contributed by atoms with E-state index < -0.39 is 0 Å². The molecule has 17 heavy (non-hydrogen) atoms. The number of rotatable bonds is 2. The molecule has 3 fully saturated rings. The minimum absolute atomic E-state index is 0.123. The molecule has 1 amide bonds. The number of hydrogen-bond donors (Lipinski definition) is 1. The van der Waals surface area contributed by atoms with Crippen molar-refractivity contribution in [2.45, 2.75) is 37.8 Å². The van der Waals surface area contributed by atoms with Crippen molar-refractivity contribution in [3.8, 4) is 0 Å². The van der Waals surface area contributed by atoms with Gasteiger partial charge in [0.15, 0.2) is 0 Å². The zero-order valence-electron chi connectivity index (χ0n) is 10.5. The van der Waals surface area contributed by atoms with Crippen LogP contribution in [-0.4, -0.2) is 48.0 Å². The zero-order valence-corrected chi connectivity index (χ0v) is 11.3. The van der Waals surface area contributed by atoms with Gasteiger partial charge in [0.05, 0.1) is 6.04 Å². The van der Waals surface area contributed by atoms with Crippen LogP contribution < -0.4 is 5.32 Å². The number of amides is 1. The summed E-state index contributed by atoms with van der Waals surface area (Å²) in [6.07, 6.45) is 5.07. The number of nitrogens with one attached hydrogen (secondary N) is 1. The molecule has 1 aliphatic carbocycles. The van der Waals surface area contributed by atoms with Gasteiger partial charge in [-0.05, 0) is 43.4 Å². The SMILES string of the molecule is CN(C(=O)C1NCC2CCCC21)C1CCSC1. The predicted octanol–water partition coefficient (Wildman–Crippen LogP) is 1.34. The maximum Gasteiger partial charge on any atom is 0.240 e. The lowest BCUT2D eigenvalue weighted by molar-refractivity contribution is -0.134. The van der Waals surface area contributed by atoms with Gasteiger partial charge in [0, 0.05) is 18.8 Å². The highest BCUT2D eigenvalue weighted by atomic mass is 32.2. The van der Waals surface area contributed by atoms with Crippen LogP contribution in [0.2, 0.25) is 0 Å². The molecule has 4 atom stereocenters. The fraction of sp³-hybridized carbons (Fsp3) is 0.923. The Morgan fingerprint density at radius 2 is 2.24 bits per heavy atom. The first kappa shape index (κ1) is 11.8. The van der Waals surface area contributed by atoms with E-state index in [4.69, 9.17) is 0 Å². The molecule has 2 heterocycles. The van der Waals surface area contributed by atoms with E-state index in [0.29, 0.717) is 17.9 Å². The monoisotopic (exact) mass is 254 g/mol. The summed E-state index contributed by atoms with van der Waals surface area (Å²) in [6.45, 7) is 1.06. The third-order valence-corrected chi connectivity index (χ3v) is 5.96. The topological polar surface area (TPSA) is 32.3 Å². The standard InChI is InChI=1S/C13H22N2OS/c1-15(10-5-6-17-8-10)13(16)12-11-4-2-3-9(11)7-14-12/h9-12,14H,2-8H2,1H3. The summed E-state index contributed by atoms with van der Waals surface area (Å²) in [5.41, 5.74) is 0. The van der Waals surface area contributed by atoms with Crippen molar-refractivity contribution in [1.29, 1.82) is 0 Å². The number of hydrogen-bond acceptors (Lipinski definition) is 3. The summed E-state index contributed by atoms with van der Waals surface area (Å²) < 4.78 is 0. The Morgan fingerprint density at radius 3 is 3.00 bits per heavy atom. The molecule has 0 aromatic carbocycles. The van der Waals surface area contributed by atoms with Gasteiger partial charge in [0.2, 0.25) is 5.91 Å². The molecule has 0 spiro atoms. The Balaban J connectivity index is 1.65. The molecular weight excluding hydrogens is 232 g/mol. The molecule has 3 aliphatic rings. The first-order valence-electron chi connectivity index (χ1n) is 6.85. The van der Waals surface area contributed by atoms with Gasteiger partial charge in [0.25, 0.3) is 0 Å². The molecule has 2 saturated heterocycles. The van der Waals surface area contributed by atoms with E-state index in [9.17, 15) is 4.79 Å². The number of carbonyl (C=O) groups excluding carboxylic acids is 1. The molecule has 0 bridgehead atoms. The minimum Gasteiger partial charge on any atom is -0.341 e. The molecule has 3 nitrogen and oxygen atoms in total. The summed E-state index contributed by atoms with van der Waals surface area (Å²) in [5.74, 6) is 4.09. The quantitative estimate of drug-likeness (QED) is 0.807. The second-order valence-electron chi connectivity index (χ2n) is 5.71. The molecule has 4 unspecified atom stereocenters. The third-order valence-electron chi connectivity index (χ3n) is 4.81. The van der Waals surface area contributed by atoms with Gasteiger partial charge in [-0.15, -0.1) is 0 Å². The summed E-state index contributed by atoms with van der Waals surface area (Å²) in [7, 11) is 2.00. The van der Waals surface area contributed by atoms with Crippen LogP contribution in [0.4, 0.5) is 0 Å². The van der Waals surface area contributed by atoms with Crippen molar-refractivity contribution in [3.05, 3.63) is 0 Å². The van der Waals surface area contributed by atoms with E-state index in [-0.39, 0.29) is 6.04 Å². The lowest BCUT2D eigenvalue weighted by Gasteiger charge is -2.29. The van der Waals surface area contributed by atoms with Crippen molar-refractivity contribution in [2.24, 2.45) is 11.8 Å². The van der Waals surface area contributed by atoms with Crippen LogP contribution in [0.15, 0.2) is 0 Å². The molecule has 0 aromatic rings. The van der Waals surface area contributed by atoms with Crippen molar-refractivity contribution in [2.75, 3.05) is 25.1 Å². The summed E-state index contributed by atoms with van der Waals surface area (Å²) >= 11 is 1.98. The van der Waals surface area contributed by atoms with E-state index in [1.165, 1.54) is 31.4 Å². The first-order chi connectivity index (χ1) is 8.27. The molecule has 0 aromatic heterocycles. The van der Waals surface area contributed by atoms with Gasteiger partial charge < -0.3 is 10.2 Å². The fourth-order valence-corrected chi connectivity index (χ4v) is 4.95. The highest BCUT2D eigenvalue weighted by Gasteiger charge is 2.44. The molecule has 3 rings (SSSR count). The van der Waals surface area contributed by atoms with Crippen molar-refractivity contribution in [1.82, 2.24) is 10.2 Å². The van der Waals surface area contributed by atoms with Crippen LogP contribution in [0, 0.1) is 11.8 Å². The van der Waals surface area contributed by atoms with E-state index in [0.717, 1.165) is 18.2 Å². The Labute approximate surface area is 108 Å². The minimum atomic E-state index is 0.123. The Bertz CT molecular complexity index is 304. The number of fused-ring (bicyclic) bond motifs is 1. The summed E-state index contributed by atoms with van der Waals surface area (Å²) in [6, 6.07) is 0.604. The van der Waals surface area contributed by atoms with Crippen LogP contribution in [0.3, 0.4) is 0 Å². The van der Waals surface area contributed by atoms with Crippen molar-refractivity contribution >= 4 is 17.7 Å². The maximum atomic E-state index is 12.5. The molecule has 0 radical (unpaired) electrons. The second-order valence-corrected chi connectivity index (χ2v) is 6.86. The van der Waals surface area contributed by atoms with Gasteiger partial charge in [-0.3, -0.25) is 4.79 Å². The Hall–Kier alpha value is -0.220. The Morgan fingerprint density at radius 1 is 1.35 bits per heavy atom. The third kappa shape index (κ3) is 2.10. The number of thioether (sulfide) groups is 1. The van der Waals surface area contributed by atoms with Crippen LogP contribution in [0.5, 0.6) is 0 Å². The van der Waals surface area contributed by atoms with Crippen molar-refractivity contribution < 1.29 is 4.79 Å². The highest BCUT2D eigenvalue weighted by molar-refractivity contribution is 7.99. The van der Waals surface area contributed by atoms with Crippen molar-refractivity contribution in [3.63, 3.8) is 0 Å². The average Bonchev–Trinajstić information content (AvgIpc) is 3.03. The van der Waals surface area contributed by atoms with E-state index >= 15 is 0 Å². The zero-order chi connectivity index (χ0) is 11.8. The molecule has 4 heteroatoms. The largest absolute Gasteiger partial charge is 0.341 e. The maximum absolute atomic E-state index is 12.5. The molecule has 2 aliphatic heterocycles. The fourth-order valence-electron chi connectivity index (χ4n) is 3.68. The van der Waals surface area contributed by atoms with Gasteiger partial charge in [0.1, 0.15) is 0 Å². The molecule has 1 saturated carbocycles. The summed E-state index contributed by atoms with van der Waals surface area (Å²) in [4.78, 5) is 14.6. The Kier molecular flexibility index (Phi) is 3.35. The van der Waals surface area contributed by atoms with Gasteiger partial charge >= 0.3 is 0 Å². The normalized spacial score (nSPS) is 40.5. The number of nitrogens with zero attached hydrogens (tertiary/aromatic N) is 1. The molecular formula is C13H22N2OS. The van der Waals surface area contributed by atoms with E-state index in [1.807, 2.05) is 23.7 Å². The highest BCUT2D eigenvalue weighted by Crippen LogP contribution is 2.38. The van der Waals surface area contributed by atoms with E-state index in [1.54, 1.807) is 0 Å². The van der Waals surface area contributed by atoms with Crippen LogP contribution in [0.1, 0.15) is 25.7 Å². The second kappa shape index (κ2) is 4.81. The number of likely N-dealkylation sites (N-methyl/N-ethyl adjacent to an activating group) is 1.